The van der Waals surface area contributed by atoms with E-state index in [0.717, 1.165) is 69.6 Å². The minimum absolute atomic E-state index is 0.503. The van der Waals surface area contributed by atoms with Crippen LogP contribution >= 0.6 is 0 Å². The van der Waals surface area contributed by atoms with E-state index in [1.807, 2.05) is 0 Å². The average Bonchev–Trinajstić information content (AvgIpc) is 3.60. The normalized spacial score (nSPS) is 21.5. The molecule has 0 spiro atoms. The Hall–Kier alpha value is -2.28. The van der Waals surface area contributed by atoms with Gasteiger partial charge in [0.2, 0.25) is 0 Å². The lowest BCUT2D eigenvalue weighted by atomic mass is 9.96. The van der Waals surface area contributed by atoms with Crippen molar-refractivity contribution in [3.05, 3.63) is 36.2 Å². The van der Waals surface area contributed by atoms with Gasteiger partial charge in [0, 0.05) is 74.7 Å². The molecule has 7 nitrogen and oxygen atoms in total. The Morgan fingerprint density at radius 2 is 1.15 bits per heavy atom. The monoisotopic (exact) mass is 366 g/mol. The standard InChI is InChI=1S/C20H26N6O/c1-2-15(1)17-11-19(23-13-21-17)25-5-7-26(8-6-25)20-12-18(22-14-24-20)16-3-9-27-10-4-16/h11-16H,1-10H2. The Morgan fingerprint density at radius 1 is 0.667 bits per heavy atom. The first-order chi connectivity index (χ1) is 13.4. The second kappa shape index (κ2) is 7.38. The SMILES string of the molecule is c1nc(C2CCOCC2)cc(N2CCN(c3cc(C4CC4)ncn3)CC2)n1. The van der Waals surface area contributed by atoms with Gasteiger partial charge in [0.05, 0.1) is 0 Å². The summed E-state index contributed by atoms with van der Waals surface area (Å²) in [5, 5.41) is 0. The van der Waals surface area contributed by atoms with Crippen LogP contribution in [0, 0.1) is 0 Å². The van der Waals surface area contributed by atoms with Gasteiger partial charge in [-0.05, 0) is 25.7 Å². The van der Waals surface area contributed by atoms with Crippen LogP contribution in [0.4, 0.5) is 11.6 Å². The van der Waals surface area contributed by atoms with Gasteiger partial charge >= 0.3 is 0 Å². The van der Waals surface area contributed by atoms with Gasteiger partial charge in [0.15, 0.2) is 0 Å². The van der Waals surface area contributed by atoms with E-state index < -0.39 is 0 Å². The largest absolute Gasteiger partial charge is 0.381 e. The van der Waals surface area contributed by atoms with Crippen LogP contribution < -0.4 is 9.80 Å². The molecular weight excluding hydrogens is 340 g/mol. The van der Waals surface area contributed by atoms with Gasteiger partial charge in [0.1, 0.15) is 24.3 Å². The number of hydrogen-bond donors (Lipinski definition) is 0. The van der Waals surface area contributed by atoms with Gasteiger partial charge in [-0.15, -0.1) is 0 Å². The third-order valence-corrected chi connectivity index (χ3v) is 5.91. The zero-order valence-electron chi connectivity index (χ0n) is 15.6. The molecule has 2 aromatic heterocycles. The number of ether oxygens (including phenoxy) is 1. The molecule has 3 aliphatic rings. The molecule has 142 valence electrons. The number of piperazine rings is 1. The lowest BCUT2D eigenvalue weighted by molar-refractivity contribution is 0.0845. The highest BCUT2D eigenvalue weighted by Gasteiger charge is 2.27. The van der Waals surface area contributed by atoms with Crippen LogP contribution in [-0.4, -0.2) is 59.3 Å². The number of nitrogens with zero attached hydrogens (tertiary/aromatic N) is 6. The van der Waals surface area contributed by atoms with Crippen LogP contribution in [0.1, 0.15) is 48.9 Å². The van der Waals surface area contributed by atoms with Gasteiger partial charge in [-0.1, -0.05) is 0 Å². The predicted octanol–water partition coefficient (Wildman–Crippen LogP) is 2.36. The van der Waals surface area contributed by atoms with E-state index in [0.29, 0.717) is 11.8 Å². The Labute approximate surface area is 159 Å². The smallest absolute Gasteiger partial charge is 0.132 e. The van der Waals surface area contributed by atoms with Crippen LogP contribution in [0.15, 0.2) is 24.8 Å². The van der Waals surface area contributed by atoms with Gasteiger partial charge in [0.25, 0.3) is 0 Å². The minimum Gasteiger partial charge on any atom is -0.381 e. The lowest BCUT2D eigenvalue weighted by Gasteiger charge is -2.36. The van der Waals surface area contributed by atoms with Crippen LogP contribution in [0.25, 0.3) is 0 Å². The first-order valence-electron chi connectivity index (χ1n) is 10.1. The first kappa shape index (κ1) is 16.9. The van der Waals surface area contributed by atoms with E-state index in [1.165, 1.54) is 18.5 Å². The molecule has 2 saturated heterocycles. The molecule has 7 heteroatoms. The van der Waals surface area contributed by atoms with Crippen molar-refractivity contribution in [1.82, 2.24) is 19.9 Å². The maximum absolute atomic E-state index is 5.48. The summed E-state index contributed by atoms with van der Waals surface area (Å²) in [4.78, 5) is 22.7. The number of anilines is 2. The van der Waals surface area contributed by atoms with Crippen molar-refractivity contribution in [3.8, 4) is 0 Å². The van der Waals surface area contributed by atoms with Crippen LogP contribution in [0.5, 0.6) is 0 Å². The third-order valence-electron chi connectivity index (χ3n) is 5.91. The summed E-state index contributed by atoms with van der Waals surface area (Å²) in [6, 6.07) is 4.36. The Balaban J connectivity index is 1.24. The van der Waals surface area contributed by atoms with Crippen molar-refractivity contribution in [3.63, 3.8) is 0 Å². The molecule has 1 saturated carbocycles. The van der Waals surface area contributed by atoms with E-state index >= 15 is 0 Å². The summed E-state index contributed by atoms with van der Waals surface area (Å²) in [6.45, 7) is 5.49. The highest BCUT2D eigenvalue weighted by atomic mass is 16.5. The quantitative estimate of drug-likeness (QED) is 0.823. The molecule has 0 unspecified atom stereocenters. The van der Waals surface area contributed by atoms with Gasteiger partial charge < -0.3 is 14.5 Å². The molecule has 3 fully saturated rings. The molecule has 0 aromatic carbocycles. The third kappa shape index (κ3) is 3.74. The zero-order chi connectivity index (χ0) is 18.1. The second-order valence-electron chi connectivity index (χ2n) is 7.74. The molecule has 0 atom stereocenters. The van der Waals surface area contributed by atoms with Gasteiger partial charge in [-0.25, -0.2) is 19.9 Å². The maximum atomic E-state index is 5.48. The minimum atomic E-state index is 0.503. The summed E-state index contributed by atoms with van der Waals surface area (Å²) in [5.74, 6) is 3.28. The van der Waals surface area contributed by atoms with E-state index in [1.54, 1.807) is 12.7 Å². The molecule has 1 aliphatic carbocycles. The Morgan fingerprint density at radius 3 is 1.63 bits per heavy atom. The van der Waals surface area contributed by atoms with Crippen LogP contribution in [-0.2, 0) is 4.74 Å². The molecule has 2 aliphatic heterocycles. The molecule has 5 rings (SSSR count). The Bertz CT molecular complexity index is 782. The van der Waals surface area contributed by atoms with E-state index in [2.05, 4.69) is 41.9 Å². The predicted molar refractivity (Wildman–Crippen MR) is 103 cm³/mol. The van der Waals surface area contributed by atoms with Crippen LogP contribution in [0.3, 0.4) is 0 Å². The first-order valence-corrected chi connectivity index (χ1v) is 10.1. The fraction of sp³-hybridized carbons (Fsp3) is 0.600. The maximum Gasteiger partial charge on any atom is 0.132 e. The average molecular weight is 366 g/mol. The number of aromatic nitrogens is 4. The van der Waals surface area contributed by atoms with Crippen molar-refractivity contribution in [2.75, 3.05) is 49.2 Å². The number of rotatable bonds is 4. The Kier molecular flexibility index (Phi) is 4.61. The molecule has 2 aromatic rings. The fourth-order valence-corrected chi connectivity index (χ4v) is 4.05. The lowest BCUT2D eigenvalue weighted by Crippen LogP contribution is -2.47. The molecule has 0 N–H and O–H groups in total. The second-order valence-corrected chi connectivity index (χ2v) is 7.74. The molecule has 0 amide bonds. The van der Waals surface area contributed by atoms with E-state index in [-0.39, 0.29) is 0 Å². The van der Waals surface area contributed by atoms with Crippen molar-refractivity contribution >= 4 is 11.6 Å². The molecule has 0 radical (unpaired) electrons. The van der Waals surface area contributed by atoms with E-state index in [4.69, 9.17) is 4.74 Å². The van der Waals surface area contributed by atoms with Gasteiger partial charge in [-0.3, -0.25) is 0 Å². The summed E-state index contributed by atoms with van der Waals surface area (Å²) in [5.41, 5.74) is 2.37. The highest BCUT2D eigenvalue weighted by molar-refractivity contribution is 5.46. The summed E-state index contributed by atoms with van der Waals surface area (Å²) in [6.07, 6.45) is 8.10. The fourth-order valence-electron chi connectivity index (χ4n) is 4.05. The molecule has 0 bridgehead atoms. The zero-order valence-corrected chi connectivity index (χ0v) is 15.6. The summed E-state index contributed by atoms with van der Waals surface area (Å²) >= 11 is 0. The highest BCUT2D eigenvalue weighted by Crippen LogP contribution is 2.39. The van der Waals surface area contributed by atoms with Crippen molar-refractivity contribution < 1.29 is 4.74 Å². The van der Waals surface area contributed by atoms with Gasteiger partial charge in [-0.2, -0.15) is 0 Å². The van der Waals surface area contributed by atoms with Crippen molar-refractivity contribution in [1.29, 1.82) is 0 Å². The molecule has 4 heterocycles. The van der Waals surface area contributed by atoms with Crippen molar-refractivity contribution in [2.45, 2.75) is 37.5 Å². The topological polar surface area (TPSA) is 67.3 Å². The summed E-state index contributed by atoms with van der Waals surface area (Å²) in [7, 11) is 0. The van der Waals surface area contributed by atoms with Crippen LogP contribution in [0.2, 0.25) is 0 Å². The summed E-state index contributed by atoms with van der Waals surface area (Å²) < 4.78 is 5.48. The molecule has 27 heavy (non-hydrogen) atoms. The number of hydrogen-bond acceptors (Lipinski definition) is 7. The van der Waals surface area contributed by atoms with E-state index in [9.17, 15) is 0 Å². The molecular formula is C20H26N6O. The van der Waals surface area contributed by atoms with Crippen molar-refractivity contribution in [2.24, 2.45) is 0 Å².